The van der Waals surface area contributed by atoms with Crippen molar-refractivity contribution in [1.29, 1.82) is 0 Å². The minimum absolute atomic E-state index is 0.135. The van der Waals surface area contributed by atoms with Crippen LogP contribution in [0.5, 0.6) is 0 Å². The molecule has 0 heterocycles. The molecule has 21 heavy (non-hydrogen) atoms. The molecule has 2 aromatic carbocycles. The van der Waals surface area contributed by atoms with Crippen LogP contribution in [0.25, 0.3) is 10.8 Å². The van der Waals surface area contributed by atoms with Crippen molar-refractivity contribution in [1.82, 2.24) is 4.72 Å². The second kappa shape index (κ2) is 5.73. The molecule has 1 N–H and O–H groups in total. The normalized spacial score (nSPS) is 12.8. The van der Waals surface area contributed by atoms with Crippen molar-refractivity contribution in [2.45, 2.75) is 37.6 Å². The molecule has 0 unspecified atom stereocenters. The third kappa shape index (κ3) is 3.41. The zero-order valence-electron chi connectivity index (χ0n) is 12.5. The summed E-state index contributed by atoms with van der Waals surface area (Å²) in [6, 6.07) is 10.8. The summed E-state index contributed by atoms with van der Waals surface area (Å²) >= 11 is 0. The maximum absolute atomic E-state index is 12.6. The van der Waals surface area contributed by atoms with E-state index >= 15 is 0 Å². The number of nitrogens with one attached hydrogen (secondary N) is 1. The van der Waals surface area contributed by atoms with Crippen molar-refractivity contribution in [3.8, 4) is 0 Å². The second-order valence-corrected chi connectivity index (χ2v) is 7.51. The molecule has 0 saturated carbocycles. The lowest BCUT2D eigenvalue weighted by Gasteiger charge is -2.25. The van der Waals surface area contributed by atoms with Gasteiger partial charge in [-0.05, 0) is 44.2 Å². The molecule has 114 valence electrons. The first-order valence-corrected chi connectivity index (χ1v) is 8.33. The highest BCUT2D eigenvalue weighted by Crippen LogP contribution is 2.27. The fourth-order valence-electron chi connectivity index (χ4n) is 2.36. The zero-order valence-corrected chi connectivity index (χ0v) is 13.3. The summed E-state index contributed by atoms with van der Waals surface area (Å²) in [5.41, 5.74) is 0.201. The first-order chi connectivity index (χ1) is 9.77. The molecule has 2 aromatic rings. The molecule has 0 atom stereocenters. The molecule has 0 bridgehead atoms. The standard InChI is InChI=1S/C16H20FNO2S/c1-12-8-9-15(14-7-5-4-6-13(12)14)21(19,20)18-16(2,3)10-11-17/h4-9,18H,10-11H2,1-3H3. The number of rotatable bonds is 5. The van der Waals surface area contributed by atoms with Gasteiger partial charge >= 0.3 is 0 Å². The van der Waals surface area contributed by atoms with Gasteiger partial charge in [-0.15, -0.1) is 0 Å². The number of hydrogen-bond donors (Lipinski definition) is 1. The Hall–Kier alpha value is -1.46. The Kier molecular flexibility index (Phi) is 4.35. The molecule has 2 rings (SSSR count). The van der Waals surface area contributed by atoms with E-state index < -0.39 is 22.2 Å². The predicted octanol–water partition coefficient (Wildman–Crippen LogP) is 3.56. The number of alkyl halides is 1. The van der Waals surface area contributed by atoms with Crippen LogP contribution in [0, 0.1) is 6.92 Å². The largest absolute Gasteiger partial charge is 0.251 e. The van der Waals surface area contributed by atoms with Gasteiger partial charge in [0, 0.05) is 10.9 Å². The fourth-order valence-corrected chi connectivity index (χ4v) is 4.02. The van der Waals surface area contributed by atoms with Gasteiger partial charge in [-0.3, -0.25) is 4.39 Å². The monoisotopic (exact) mass is 309 g/mol. The summed E-state index contributed by atoms with van der Waals surface area (Å²) in [4.78, 5) is 0.232. The second-order valence-electron chi connectivity index (χ2n) is 5.85. The molecule has 0 saturated heterocycles. The predicted molar refractivity (Wildman–Crippen MR) is 83.7 cm³/mol. The van der Waals surface area contributed by atoms with Gasteiger partial charge in [-0.2, -0.15) is 0 Å². The molecule has 0 aliphatic rings. The van der Waals surface area contributed by atoms with Crippen molar-refractivity contribution in [2.75, 3.05) is 6.67 Å². The van der Waals surface area contributed by atoms with E-state index in [1.165, 1.54) is 0 Å². The molecule has 0 aromatic heterocycles. The number of benzene rings is 2. The van der Waals surface area contributed by atoms with E-state index in [-0.39, 0.29) is 11.3 Å². The third-order valence-corrected chi connectivity index (χ3v) is 5.28. The Bertz CT molecular complexity index is 754. The van der Waals surface area contributed by atoms with Crippen LogP contribution in [0.3, 0.4) is 0 Å². The summed E-state index contributed by atoms with van der Waals surface area (Å²) in [7, 11) is -3.70. The summed E-state index contributed by atoms with van der Waals surface area (Å²) in [5.74, 6) is 0. The van der Waals surface area contributed by atoms with Crippen LogP contribution < -0.4 is 4.72 Å². The van der Waals surface area contributed by atoms with E-state index in [2.05, 4.69) is 4.72 Å². The molecule has 0 aliphatic carbocycles. The van der Waals surface area contributed by atoms with Crippen LogP contribution in [0.1, 0.15) is 25.8 Å². The van der Waals surface area contributed by atoms with Gasteiger partial charge in [0.2, 0.25) is 10.0 Å². The molecular weight excluding hydrogens is 289 g/mol. The molecular formula is C16H20FNO2S. The Labute approximate surface area is 125 Å². The molecule has 5 heteroatoms. The lowest BCUT2D eigenvalue weighted by molar-refractivity contribution is 0.354. The summed E-state index contributed by atoms with van der Waals surface area (Å²) in [5, 5.41) is 1.59. The maximum Gasteiger partial charge on any atom is 0.241 e. The molecule has 0 amide bonds. The van der Waals surface area contributed by atoms with Crippen molar-refractivity contribution < 1.29 is 12.8 Å². The van der Waals surface area contributed by atoms with Crippen LogP contribution in [0.15, 0.2) is 41.3 Å². The van der Waals surface area contributed by atoms with Crippen molar-refractivity contribution >= 4 is 20.8 Å². The first-order valence-electron chi connectivity index (χ1n) is 6.85. The van der Waals surface area contributed by atoms with Crippen LogP contribution in [0.2, 0.25) is 0 Å². The average Bonchev–Trinajstić information content (AvgIpc) is 2.37. The number of fused-ring (bicyclic) bond motifs is 1. The lowest BCUT2D eigenvalue weighted by Crippen LogP contribution is -2.43. The van der Waals surface area contributed by atoms with E-state index in [1.807, 2.05) is 25.1 Å². The fraction of sp³-hybridized carbons (Fsp3) is 0.375. The lowest BCUT2D eigenvalue weighted by atomic mass is 10.0. The van der Waals surface area contributed by atoms with E-state index in [0.717, 1.165) is 10.9 Å². The minimum Gasteiger partial charge on any atom is -0.251 e. The Balaban J connectivity index is 2.54. The molecule has 0 fully saturated rings. The Morgan fingerprint density at radius 3 is 2.33 bits per heavy atom. The van der Waals surface area contributed by atoms with E-state index in [0.29, 0.717) is 5.39 Å². The molecule has 0 spiro atoms. The van der Waals surface area contributed by atoms with Gasteiger partial charge in [-0.25, -0.2) is 13.1 Å². The Morgan fingerprint density at radius 2 is 1.71 bits per heavy atom. The quantitative estimate of drug-likeness (QED) is 0.918. The van der Waals surface area contributed by atoms with Gasteiger partial charge in [0.25, 0.3) is 0 Å². The number of hydrogen-bond acceptors (Lipinski definition) is 2. The SMILES string of the molecule is Cc1ccc(S(=O)(=O)NC(C)(C)CCF)c2ccccc12. The van der Waals surface area contributed by atoms with E-state index in [9.17, 15) is 12.8 Å². The highest BCUT2D eigenvalue weighted by molar-refractivity contribution is 7.89. The minimum atomic E-state index is -3.70. The van der Waals surface area contributed by atoms with Crippen molar-refractivity contribution in [3.05, 3.63) is 42.0 Å². The van der Waals surface area contributed by atoms with Gasteiger partial charge in [-0.1, -0.05) is 30.3 Å². The average molecular weight is 309 g/mol. The van der Waals surface area contributed by atoms with Gasteiger partial charge < -0.3 is 0 Å². The third-order valence-electron chi connectivity index (χ3n) is 3.52. The highest BCUT2D eigenvalue weighted by Gasteiger charge is 2.27. The highest BCUT2D eigenvalue weighted by atomic mass is 32.2. The van der Waals surface area contributed by atoms with Crippen LogP contribution in [-0.4, -0.2) is 20.6 Å². The molecule has 0 radical (unpaired) electrons. The number of halogens is 1. The van der Waals surface area contributed by atoms with Crippen LogP contribution >= 0.6 is 0 Å². The van der Waals surface area contributed by atoms with E-state index in [4.69, 9.17) is 0 Å². The van der Waals surface area contributed by atoms with Gasteiger partial charge in [0.05, 0.1) is 11.6 Å². The smallest absolute Gasteiger partial charge is 0.241 e. The number of sulfonamides is 1. The topological polar surface area (TPSA) is 46.2 Å². The summed E-state index contributed by atoms with van der Waals surface area (Å²) < 4.78 is 40.4. The maximum atomic E-state index is 12.6. The summed E-state index contributed by atoms with van der Waals surface area (Å²) in [6.07, 6.45) is 0.135. The van der Waals surface area contributed by atoms with Gasteiger partial charge in [0.15, 0.2) is 0 Å². The van der Waals surface area contributed by atoms with Crippen LogP contribution in [-0.2, 0) is 10.0 Å². The molecule has 3 nitrogen and oxygen atoms in total. The molecule has 0 aliphatic heterocycles. The van der Waals surface area contributed by atoms with Crippen LogP contribution in [0.4, 0.5) is 4.39 Å². The zero-order chi connectivity index (χ0) is 15.7. The number of aryl methyl sites for hydroxylation is 1. The summed E-state index contributed by atoms with van der Waals surface area (Å²) in [6.45, 7) is 4.74. The van der Waals surface area contributed by atoms with Gasteiger partial charge in [0.1, 0.15) is 0 Å². The van der Waals surface area contributed by atoms with Crippen molar-refractivity contribution in [3.63, 3.8) is 0 Å². The van der Waals surface area contributed by atoms with Crippen molar-refractivity contribution in [2.24, 2.45) is 0 Å². The Morgan fingerprint density at radius 1 is 1.10 bits per heavy atom. The van der Waals surface area contributed by atoms with E-state index in [1.54, 1.807) is 32.0 Å². The first kappa shape index (κ1) is 15.9.